The van der Waals surface area contributed by atoms with E-state index in [0.29, 0.717) is 17.0 Å². The predicted octanol–water partition coefficient (Wildman–Crippen LogP) is 3.63. The highest BCUT2D eigenvalue weighted by Crippen LogP contribution is 2.24. The van der Waals surface area contributed by atoms with E-state index in [1.165, 1.54) is 0 Å². The molecule has 1 rings (SSSR count). The first-order valence-electron chi connectivity index (χ1n) is 6.83. The molecule has 19 heavy (non-hydrogen) atoms. The number of carbonyl (C=O) groups is 1. The first kappa shape index (κ1) is 15.2. The van der Waals surface area contributed by atoms with Gasteiger partial charge in [0.1, 0.15) is 0 Å². The summed E-state index contributed by atoms with van der Waals surface area (Å²) in [5, 5.41) is 9.02. The maximum absolute atomic E-state index is 11.7. The van der Waals surface area contributed by atoms with Crippen LogP contribution in [-0.4, -0.2) is 18.9 Å². The first-order valence-corrected chi connectivity index (χ1v) is 6.83. The molecule has 0 saturated heterocycles. The Labute approximate surface area is 115 Å². The van der Waals surface area contributed by atoms with E-state index in [1.807, 2.05) is 6.07 Å². The fraction of sp³-hybridized carbons (Fsp3) is 0.500. The molecule has 0 aromatic heterocycles. The van der Waals surface area contributed by atoms with Crippen LogP contribution in [0.15, 0.2) is 18.2 Å². The standard InChI is InChI=1S/C16H22N2O/c1-5-12(3)11-18(6-2)16-9-14(10-17)7-8-15(16)13(4)19/h7-9,12H,5-6,11H2,1-4H3. The monoisotopic (exact) mass is 258 g/mol. The van der Waals surface area contributed by atoms with Crippen molar-refractivity contribution in [1.82, 2.24) is 0 Å². The normalized spacial score (nSPS) is 11.7. The lowest BCUT2D eigenvalue weighted by atomic mass is 10.0. The molecule has 1 aromatic rings. The Bertz CT molecular complexity index is 488. The average Bonchev–Trinajstić information content (AvgIpc) is 2.43. The van der Waals surface area contributed by atoms with E-state index >= 15 is 0 Å². The predicted molar refractivity (Wildman–Crippen MR) is 78.5 cm³/mol. The Morgan fingerprint density at radius 1 is 1.42 bits per heavy atom. The Kier molecular flexibility index (Phi) is 5.57. The number of hydrogen-bond donors (Lipinski definition) is 0. The number of nitriles is 1. The summed E-state index contributed by atoms with van der Waals surface area (Å²) in [6.07, 6.45) is 1.10. The summed E-state index contributed by atoms with van der Waals surface area (Å²) in [4.78, 5) is 13.9. The van der Waals surface area contributed by atoms with E-state index in [-0.39, 0.29) is 5.78 Å². The van der Waals surface area contributed by atoms with E-state index in [1.54, 1.807) is 19.1 Å². The molecule has 3 nitrogen and oxygen atoms in total. The van der Waals surface area contributed by atoms with Crippen LogP contribution in [0, 0.1) is 17.2 Å². The number of benzene rings is 1. The topological polar surface area (TPSA) is 44.1 Å². The smallest absolute Gasteiger partial charge is 0.161 e. The zero-order valence-corrected chi connectivity index (χ0v) is 12.2. The fourth-order valence-electron chi connectivity index (χ4n) is 2.06. The van der Waals surface area contributed by atoms with Crippen molar-refractivity contribution < 1.29 is 4.79 Å². The lowest BCUT2D eigenvalue weighted by Crippen LogP contribution is -2.29. The van der Waals surface area contributed by atoms with Gasteiger partial charge in [-0.15, -0.1) is 0 Å². The molecule has 102 valence electrons. The van der Waals surface area contributed by atoms with Gasteiger partial charge in [-0.05, 0) is 38.0 Å². The highest BCUT2D eigenvalue weighted by Gasteiger charge is 2.15. The summed E-state index contributed by atoms with van der Waals surface area (Å²) >= 11 is 0. The Morgan fingerprint density at radius 3 is 2.58 bits per heavy atom. The molecule has 1 aromatic carbocycles. The van der Waals surface area contributed by atoms with Crippen LogP contribution in [0.2, 0.25) is 0 Å². The zero-order chi connectivity index (χ0) is 14.4. The molecule has 0 N–H and O–H groups in total. The molecule has 0 saturated carbocycles. The lowest BCUT2D eigenvalue weighted by molar-refractivity contribution is 0.101. The quantitative estimate of drug-likeness (QED) is 0.732. The van der Waals surface area contributed by atoms with Gasteiger partial charge in [-0.3, -0.25) is 4.79 Å². The third-order valence-electron chi connectivity index (χ3n) is 3.46. The number of nitrogens with zero attached hydrogens (tertiary/aromatic N) is 2. The second-order valence-corrected chi connectivity index (χ2v) is 4.95. The Hall–Kier alpha value is -1.82. The summed E-state index contributed by atoms with van der Waals surface area (Å²) < 4.78 is 0. The largest absolute Gasteiger partial charge is 0.371 e. The van der Waals surface area contributed by atoms with E-state index in [9.17, 15) is 4.79 Å². The number of rotatable bonds is 6. The molecule has 0 aliphatic carbocycles. The second-order valence-electron chi connectivity index (χ2n) is 4.95. The number of carbonyl (C=O) groups excluding carboxylic acids is 1. The third kappa shape index (κ3) is 3.82. The summed E-state index contributed by atoms with van der Waals surface area (Å²) in [6, 6.07) is 7.43. The van der Waals surface area contributed by atoms with E-state index in [2.05, 4.69) is 31.7 Å². The van der Waals surface area contributed by atoms with Gasteiger partial charge in [0, 0.05) is 24.3 Å². The summed E-state index contributed by atoms with van der Waals surface area (Å²) in [7, 11) is 0. The molecule has 0 amide bonds. The highest BCUT2D eigenvalue weighted by molar-refractivity contribution is 6.00. The minimum absolute atomic E-state index is 0.0436. The fourth-order valence-corrected chi connectivity index (χ4v) is 2.06. The lowest BCUT2D eigenvalue weighted by Gasteiger charge is -2.28. The summed E-state index contributed by atoms with van der Waals surface area (Å²) in [6.45, 7) is 9.75. The van der Waals surface area contributed by atoms with Crippen molar-refractivity contribution in [2.45, 2.75) is 34.1 Å². The van der Waals surface area contributed by atoms with Gasteiger partial charge in [0.2, 0.25) is 0 Å². The first-order chi connectivity index (χ1) is 9.03. The number of Topliss-reactive ketones (excluding diaryl/α,β-unsaturated/α-hetero) is 1. The van der Waals surface area contributed by atoms with Crippen LogP contribution in [0.25, 0.3) is 0 Å². The molecule has 0 fully saturated rings. The van der Waals surface area contributed by atoms with Gasteiger partial charge in [0.05, 0.1) is 11.6 Å². The van der Waals surface area contributed by atoms with Crippen LogP contribution >= 0.6 is 0 Å². The van der Waals surface area contributed by atoms with E-state index < -0.39 is 0 Å². The number of ketones is 1. The molecule has 0 heterocycles. The van der Waals surface area contributed by atoms with Crippen LogP contribution in [-0.2, 0) is 0 Å². The van der Waals surface area contributed by atoms with Crippen LogP contribution < -0.4 is 4.90 Å². The minimum Gasteiger partial charge on any atom is -0.371 e. The van der Waals surface area contributed by atoms with Gasteiger partial charge in [-0.2, -0.15) is 5.26 Å². The molecular weight excluding hydrogens is 236 g/mol. The Morgan fingerprint density at radius 2 is 2.11 bits per heavy atom. The third-order valence-corrected chi connectivity index (χ3v) is 3.46. The molecule has 0 aliphatic rings. The molecule has 1 atom stereocenters. The molecular formula is C16H22N2O. The van der Waals surface area contributed by atoms with Crippen LogP contribution in [0.4, 0.5) is 5.69 Å². The van der Waals surface area contributed by atoms with Gasteiger partial charge >= 0.3 is 0 Å². The summed E-state index contributed by atoms with van der Waals surface area (Å²) in [5.74, 6) is 0.604. The molecule has 1 unspecified atom stereocenters. The van der Waals surface area contributed by atoms with Crippen LogP contribution in [0.3, 0.4) is 0 Å². The van der Waals surface area contributed by atoms with Crippen LogP contribution in [0.1, 0.15) is 50.0 Å². The van der Waals surface area contributed by atoms with E-state index in [0.717, 1.165) is 25.2 Å². The molecule has 0 radical (unpaired) electrons. The van der Waals surface area contributed by atoms with Gasteiger partial charge in [0.15, 0.2) is 5.78 Å². The number of hydrogen-bond acceptors (Lipinski definition) is 3. The SMILES string of the molecule is CCC(C)CN(CC)c1cc(C#N)ccc1C(C)=O. The molecule has 0 spiro atoms. The van der Waals surface area contributed by atoms with E-state index in [4.69, 9.17) is 5.26 Å². The molecule has 0 bridgehead atoms. The van der Waals surface area contributed by atoms with Gasteiger partial charge < -0.3 is 4.90 Å². The van der Waals surface area contributed by atoms with Crippen molar-refractivity contribution in [3.63, 3.8) is 0 Å². The van der Waals surface area contributed by atoms with Gasteiger partial charge in [-0.1, -0.05) is 20.3 Å². The zero-order valence-electron chi connectivity index (χ0n) is 12.2. The van der Waals surface area contributed by atoms with Crippen molar-refractivity contribution in [1.29, 1.82) is 5.26 Å². The van der Waals surface area contributed by atoms with Crippen LogP contribution in [0.5, 0.6) is 0 Å². The van der Waals surface area contributed by atoms with Gasteiger partial charge in [0.25, 0.3) is 0 Å². The molecule has 3 heteroatoms. The van der Waals surface area contributed by atoms with Crippen molar-refractivity contribution in [2.24, 2.45) is 5.92 Å². The number of anilines is 1. The van der Waals surface area contributed by atoms with Crippen molar-refractivity contribution in [3.8, 4) is 6.07 Å². The summed E-state index contributed by atoms with van der Waals surface area (Å²) in [5.41, 5.74) is 2.18. The van der Waals surface area contributed by atoms with Crippen molar-refractivity contribution >= 4 is 11.5 Å². The van der Waals surface area contributed by atoms with Crippen molar-refractivity contribution in [2.75, 3.05) is 18.0 Å². The van der Waals surface area contributed by atoms with Crippen molar-refractivity contribution in [3.05, 3.63) is 29.3 Å². The second kappa shape index (κ2) is 6.94. The maximum Gasteiger partial charge on any atom is 0.161 e. The Balaban J connectivity index is 3.19. The average molecular weight is 258 g/mol. The molecule has 0 aliphatic heterocycles. The maximum atomic E-state index is 11.7. The minimum atomic E-state index is 0.0436. The van der Waals surface area contributed by atoms with Gasteiger partial charge in [-0.25, -0.2) is 0 Å². The highest BCUT2D eigenvalue weighted by atomic mass is 16.1.